The van der Waals surface area contributed by atoms with Crippen molar-refractivity contribution in [1.29, 1.82) is 0 Å². The summed E-state index contributed by atoms with van der Waals surface area (Å²) in [6.45, 7) is 21.1. The standard InChI is InChI=1S/C36H38N2O/c1-9-13-31(24(2)39)34-22-28(27-19-29(35(3,4)5)23-30(20-27)36(6,7)8)21-33(38-34)26-15-12-14-25(18-26)32-16-10-11-17-37-32/h9-23,39H,1-2H2,3-8H3/b31-13+. The lowest BCUT2D eigenvalue weighted by atomic mass is 9.79. The number of aliphatic hydroxyl groups excluding tert-OH is 1. The Hall–Kier alpha value is -4.24. The van der Waals surface area contributed by atoms with Gasteiger partial charge in [0, 0.05) is 22.9 Å². The summed E-state index contributed by atoms with van der Waals surface area (Å²) in [6.07, 6.45) is 5.19. The highest BCUT2D eigenvalue weighted by Crippen LogP contribution is 2.37. The van der Waals surface area contributed by atoms with Crippen LogP contribution in [0.5, 0.6) is 0 Å². The summed E-state index contributed by atoms with van der Waals surface area (Å²) in [6, 6.07) is 25.2. The zero-order chi connectivity index (χ0) is 28.4. The van der Waals surface area contributed by atoms with E-state index in [0.29, 0.717) is 11.3 Å². The Morgan fingerprint density at radius 1 is 0.718 bits per heavy atom. The van der Waals surface area contributed by atoms with Crippen molar-refractivity contribution in [3.63, 3.8) is 0 Å². The molecule has 2 aromatic carbocycles. The molecule has 0 amide bonds. The van der Waals surface area contributed by atoms with E-state index in [1.54, 1.807) is 18.3 Å². The molecule has 3 nitrogen and oxygen atoms in total. The summed E-state index contributed by atoms with van der Waals surface area (Å²) in [5.74, 6) is -0.0495. The lowest BCUT2D eigenvalue weighted by molar-refractivity contribution is 0.440. The average Bonchev–Trinajstić information content (AvgIpc) is 2.90. The molecule has 0 bridgehead atoms. The van der Waals surface area contributed by atoms with Gasteiger partial charge in [0.25, 0.3) is 0 Å². The second-order valence-corrected chi connectivity index (χ2v) is 12.0. The summed E-state index contributed by atoms with van der Waals surface area (Å²) in [5, 5.41) is 10.5. The number of allylic oxidation sites excluding steroid dienone is 3. The third kappa shape index (κ3) is 6.43. The summed E-state index contributed by atoms with van der Waals surface area (Å²) in [7, 11) is 0. The Bertz CT molecular complexity index is 1520. The van der Waals surface area contributed by atoms with Crippen LogP contribution in [0, 0.1) is 0 Å². The number of benzene rings is 2. The molecule has 0 aliphatic heterocycles. The monoisotopic (exact) mass is 514 g/mol. The van der Waals surface area contributed by atoms with Gasteiger partial charge in [-0.3, -0.25) is 4.98 Å². The highest BCUT2D eigenvalue weighted by atomic mass is 16.3. The number of rotatable bonds is 6. The van der Waals surface area contributed by atoms with E-state index in [-0.39, 0.29) is 16.6 Å². The first-order valence-corrected chi connectivity index (χ1v) is 13.3. The molecule has 0 spiro atoms. The molecule has 2 heterocycles. The minimum absolute atomic E-state index is 0.0149. The molecule has 0 unspecified atom stereocenters. The van der Waals surface area contributed by atoms with E-state index in [4.69, 9.17) is 4.98 Å². The van der Waals surface area contributed by atoms with E-state index >= 15 is 0 Å². The first-order valence-electron chi connectivity index (χ1n) is 13.3. The van der Waals surface area contributed by atoms with Crippen LogP contribution in [0.25, 0.3) is 39.2 Å². The zero-order valence-electron chi connectivity index (χ0n) is 23.9. The topological polar surface area (TPSA) is 46.0 Å². The highest BCUT2D eigenvalue weighted by Gasteiger charge is 2.22. The van der Waals surface area contributed by atoms with Gasteiger partial charge < -0.3 is 5.11 Å². The van der Waals surface area contributed by atoms with Gasteiger partial charge in [-0.05, 0) is 69.5 Å². The number of pyridine rings is 2. The summed E-state index contributed by atoms with van der Waals surface area (Å²) < 4.78 is 0. The Morgan fingerprint density at radius 2 is 1.33 bits per heavy atom. The second-order valence-electron chi connectivity index (χ2n) is 12.0. The Morgan fingerprint density at radius 3 is 1.87 bits per heavy atom. The molecule has 1 N–H and O–H groups in total. The lowest BCUT2D eigenvalue weighted by Gasteiger charge is -2.26. The SMILES string of the molecule is C=C/C=C(\C(=C)O)c1cc(-c2cc(C(C)(C)C)cc(C(C)(C)C)c2)cc(-c2cccc(-c3ccccn3)c2)n1. The summed E-state index contributed by atoms with van der Waals surface area (Å²) in [4.78, 5) is 9.51. The predicted octanol–water partition coefficient (Wildman–Crippen LogP) is 9.71. The molecule has 0 saturated heterocycles. The van der Waals surface area contributed by atoms with Crippen molar-refractivity contribution in [2.75, 3.05) is 0 Å². The average molecular weight is 515 g/mol. The molecule has 0 atom stereocenters. The van der Waals surface area contributed by atoms with Crippen LogP contribution >= 0.6 is 0 Å². The highest BCUT2D eigenvalue weighted by molar-refractivity contribution is 5.82. The van der Waals surface area contributed by atoms with Crippen molar-refractivity contribution in [3.8, 4) is 33.6 Å². The van der Waals surface area contributed by atoms with E-state index in [1.165, 1.54) is 11.1 Å². The van der Waals surface area contributed by atoms with Crippen LogP contribution in [0.1, 0.15) is 58.4 Å². The maximum Gasteiger partial charge on any atom is 0.117 e. The first kappa shape index (κ1) is 27.8. The van der Waals surface area contributed by atoms with Crippen molar-refractivity contribution < 1.29 is 5.11 Å². The lowest BCUT2D eigenvalue weighted by Crippen LogP contribution is -2.16. The molecular weight excluding hydrogens is 476 g/mol. The van der Waals surface area contributed by atoms with Crippen LogP contribution in [-0.2, 0) is 10.8 Å². The molecular formula is C36H38N2O. The van der Waals surface area contributed by atoms with Crippen LogP contribution in [-0.4, -0.2) is 15.1 Å². The van der Waals surface area contributed by atoms with Crippen molar-refractivity contribution in [2.24, 2.45) is 0 Å². The van der Waals surface area contributed by atoms with Crippen LogP contribution in [0.4, 0.5) is 0 Å². The molecule has 0 radical (unpaired) electrons. The fourth-order valence-electron chi connectivity index (χ4n) is 4.46. The first-order chi connectivity index (χ1) is 18.4. The van der Waals surface area contributed by atoms with Gasteiger partial charge in [-0.1, -0.05) is 103 Å². The van der Waals surface area contributed by atoms with Crippen LogP contribution in [0.2, 0.25) is 0 Å². The largest absolute Gasteiger partial charge is 0.508 e. The molecule has 0 saturated carbocycles. The van der Waals surface area contributed by atoms with Gasteiger partial charge in [0.15, 0.2) is 0 Å². The van der Waals surface area contributed by atoms with E-state index in [0.717, 1.165) is 33.6 Å². The number of nitrogens with zero attached hydrogens (tertiary/aromatic N) is 2. The van der Waals surface area contributed by atoms with E-state index < -0.39 is 0 Å². The molecule has 198 valence electrons. The zero-order valence-corrected chi connectivity index (χ0v) is 23.9. The summed E-state index contributed by atoms with van der Waals surface area (Å²) >= 11 is 0. The smallest absolute Gasteiger partial charge is 0.117 e. The van der Waals surface area contributed by atoms with Crippen molar-refractivity contribution in [2.45, 2.75) is 52.4 Å². The molecule has 39 heavy (non-hydrogen) atoms. The number of aliphatic hydroxyl groups is 1. The molecule has 2 aromatic heterocycles. The maximum absolute atomic E-state index is 10.5. The minimum atomic E-state index is -0.0495. The molecule has 0 aliphatic carbocycles. The Balaban J connectivity index is 1.99. The van der Waals surface area contributed by atoms with Gasteiger partial charge >= 0.3 is 0 Å². The van der Waals surface area contributed by atoms with Crippen LogP contribution < -0.4 is 0 Å². The number of hydrogen-bond acceptors (Lipinski definition) is 3. The molecule has 0 aliphatic rings. The van der Waals surface area contributed by atoms with E-state index in [2.05, 4.69) is 102 Å². The van der Waals surface area contributed by atoms with Crippen LogP contribution in [0.3, 0.4) is 0 Å². The maximum atomic E-state index is 10.5. The quantitative estimate of drug-likeness (QED) is 0.206. The van der Waals surface area contributed by atoms with Crippen molar-refractivity contribution in [3.05, 3.63) is 127 Å². The van der Waals surface area contributed by atoms with Gasteiger partial charge in [-0.15, -0.1) is 0 Å². The normalized spacial score (nSPS) is 12.3. The minimum Gasteiger partial charge on any atom is -0.508 e. The molecule has 4 rings (SSSR count). The van der Waals surface area contributed by atoms with Gasteiger partial charge in [-0.25, -0.2) is 4.98 Å². The third-order valence-corrected chi connectivity index (χ3v) is 6.81. The van der Waals surface area contributed by atoms with E-state index in [9.17, 15) is 5.11 Å². The van der Waals surface area contributed by atoms with E-state index in [1.807, 2.05) is 30.3 Å². The third-order valence-electron chi connectivity index (χ3n) is 6.81. The Labute approximate surface area is 233 Å². The fourth-order valence-corrected chi connectivity index (χ4v) is 4.46. The number of hydrogen-bond donors (Lipinski definition) is 1. The Kier molecular flexibility index (Phi) is 7.74. The second kappa shape index (κ2) is 10.9. The van der Waals surface area contributed by atoms with Gasteiger partial charge in [0.05, 0.1) is 17.1 Å². The molecule has 0 fully saturated rings. The van der Waals surface area contributed by atoms with Crippen LogP contribution in [0.15, 0.2) is 110 Å². The molecule has 4 aromatic rings. The van der Waals surface area contributed by atoms with Gasteiger partial charge in [0.2, 0.25) is 0 Å². The van der Waals surface area contributed by atoms with Gasteiger partial charge in [0.1, 0.15) is 5.76 Å². The summed E-state index contributed by atoms with van der Waals surface area (Å²) in [5.41, 5.74) is 9.50. The van der Waals surface area contributed by atoms with Crippen molar-refractivity contribution in [1.82, 2.24) is 9.97 Å². The molecule has 3 heteroatoms. The number of aromatic nitrogens is 2. The predicted molar refractivity (Wildman–Crippen MR) is 166 cm³/mol. The van der Waals surface area contributed by atoms with Crippen molar-refractivity contribution >= 4 is 5.57 Å². The fraction of sp³-hybridized carbons (Fsp3) is 0.222. The van der Waals surface area contributed by atoms with Gasteiger partial charge in [-0.2, -0.15) is 0 Å².